The first kappa shape index (κ1) is 19.9. The fourth-order valence-electron chi connectivity index (χ4n) is 4.14. The van der Waals surface area contributed by atoms with Crippen molar-refractivity contribution in [3.63, 3.8) is 0 Å². The third-order valence-corrected chi connectivity index (χ3v) is 5.75. The Kier molecular flexibility index (Phi) is 4.90. The molecule has 0 spiro atoms. The lowest BCUT2D eigenvalue weighted by Gasteiger charge is -2.11. The van der Waals surface area contributed by atoms with Gasteiger partial charge in [0.1, 0.15) is 5.69 Å². The van der Waals surface area contributed by atoms with Crippen molar-refractivity contribution >= 4 is 16.8 Å². The number of aromatic nitrogens is 5. The van der Waals surface area contributed by atoms with Crippen LogP contribution in [0.1, 0.15) is 28.5 Å². The molecule has 2 heterocycles. The second-order valence-electron chi connectivity index (χ2n) is 7.99. The highest BCUT2D eigenvalue weighted by atomic mass is 16.2. The summed E-state index contributed by atoms with van der Waals surface area (Å²) in [6.07, 6.45) is 0. The van der Waals surface area contributed by atoms with Crippen LogP contribution in [-0.4, -0.2) is 30.7 Å². The number of fused-ring (bicyclic) bond motifs is 1. The molecule has 0 atom stereocenters. The lowest BCUT2D eigenvalue weighted by atomic mass is 9.99. The third kappa shape index (κ3) is 3.39. The highest BCUT2D eigenvalue weighted by molar-refractivity contribution is 5.94. The van der Waals surface area contributed by atoms with Crippen LogP contribution < -0.4 is 0 Å². The molecule has 32 heavy (non-hydrogen) atoms. The molecule has 5 aromatic rings. The van der Waals surface area contributed by atoms with Gasteiger partial charge in [-0.2, -0.15) is 5.10 Å². The van der Waals surface area contributed by atoms with Crippen LogP contribution in [0, 0.1) is 13.8 Å². The van der Waals surface area contributed by atoms with E-state index in [4.69, 9.17) is 0 Å². The fraction of sp³-hybridized carbons (Fsp3) is 0.154. The number of aryl methyl sites for hydroxylation is 2. The van der Waals surface area contributed by atoms with Crippen molar-refractivity contribution in [1.82, 2.24) is 24.8 Å². The molecule has 0 aliphatic heterocycles. The molecule has 6 nitrogen and oxygen atoms in total. The summed E-state index contributed by atoms with van der Waals surface area (Å²) in [5.41, 5.74) is 7.76. The summed E-state index contributed by atoms with van der Waals surface area (Å²) in [6.45, 7) is 6.16. The van der Waals surface area contributed by atoms with Gasteiger partial charge in [0, 0.05) is 23.4 Å². The second-order valence-corrected chi connectivity index (χ2v) is 7.99. The minimum absolute atomic E-state index is 0.106. The van der Waals surface area contributed by atoms with Crippen molar-refractivity contribution in [3.8, 4) is 22.5 Å². The molecule has 3 aromatic carbocycles. The van der Waals surface area contributed by atoms with Crippen LogP contribution in [0.25, 0.3) is 33.4 Å². The lowest BCUT2D eigenvalue weighted by Crippen LogP contribution is -2.07. The number of hydrogen-bond donors (Lipinski definition) is 0. The molecular weight excluding hydrogens is 398 g/mol. The Hall–Kier alpha value is -4.06. The molecule has 0 fully saturated rings. The van der Waals surface area contributed by atoms with Crippen LogP contribution in [0.5, 0.6) is 0 Å². The van der Waals surface area contributed by atoms with Crippen molar-refractivity contribution < 1.29 is 4.79 Å². The molecule has 0 unspecified atom stereocenters. The van der Waals surface area contributed by atoms with Crippen molar-refractivity contribution in [2.45, 2.75) is 27.3 Å². The summed E-state index contributed by atoms with van der Waals surface area (Å²) in [6, 6.07) is 24.5. The molecule has 158 valence electrons. The van der Waals surface area contributed by atoms with E-state index in [1.807, 2.05) is 54.1 Å². The van der Waals surface area contributed by atoms with E-state index in [0.717, 1.165) is 50.2 Å². The maximum absolute atomic E-state index is 12.0. The van der Waals surface area contributed by atoms with Gasteiger partial charge < -0.3 is 0 Å². The van der Waals surface area contributed by atoms with Crippen molar-refractivity contribution in [2.24, 2.45) is 0 Å². The van der Waals surface area contributed by atoms with Gasteiger partial charge in [0.15, 0.2) is 0 Å². The van der Waals surface area contributed by atoms with Gasteiger partial charge in [-0.1, -0.05) is 65.9 Å². The quantitative estimate of drug-likeness (QED) is 0.396. The Labute approximate surface area is 186 Å². The largest absolute Gasteiger partial charge is 0.273 e. The van der Waals surface area contributed by atoms with E-state index in [1.165, 1.54) is 11.6 Å². The van der Waals surface area contributed by atoms with Gasteiger partial charge in [0.05, 0.1) is 23.4 Å². The van der Waals surface area contributed by atoms with Gasteiger partial charge in [-0.25, -0.2) is 9.36 Å². The molecule has 6 heteroatoms. The standard InChI is InChI=1S/C26H23N5O/c1-17-9-7-8-12-22(17)26-25(27-29-30(26)16-20-10-5-4-6-11-20)21-13-14-24-23(15-21)18(2)28-31(24)19(3)32/h4-15H,16H2,1-3H3. The molecule has 0 saturated carbocycles. The monoisotopic (exact) mass is 421 g/mol. The number of nitrogens with zero attached hydrogens (tertiary/aromatic N) is 5. The molecule has 0 aliphatic rings. The van der Waals surface area contributed by atoms with Gasteiger partial charge in [-0.3, -0.25) is 4.79 Å². The van der Waals surface area contributed by atoms with Gasteiger partial charge in [-0.05, 0) is 37.1 Å². The molecule has 0 N–H and O–H groups in total. The SMILES string of the molecule is CC(=O)n1nc(C)c2cc(-c3nnn(Cc4ccccc4)c3-c3ccccc3C)ccc21. The van der Waals surface area contributed by atoms with Crippen molar-refractivity contribution in [3.05, 3.63) is 89.6 Å². The smallest absolute Gasteiger partial charge is 0.244 e. The van der Waals surface area contributed by atoms with E-state index in [-0.39, 0.29) is 5.91 Å². The predicted molar refractivity (Wildman–Crippen MR) is 126 cm³/mol. The van der Waals surface area contributed by atoms with Crippen LogP contribution in [-0.2, 0) is 6.54 Å². The number of carbonyl (C=O) groups is 1. The van der Waals surface area contributed by atoms with E-state index in [2.05, 4.69) is 52.7 Å². The van der Waals surface area contributed by atoms with E-state index < -0.39 is 0 Å². The molecule has 5 rings (SSSR count). The Morgan fingerprint density at radius 1 is 0.938 bits per heavy atom. The Balaban J connectivity index is 1.70. The van der Waals surface area contributed by atoms with Gasteiger partial charge in [0.25, 0.3) is 0 Å². The summed E-state index contributed by atoms with van der Waals surface area (Å²) in [5.74, 6) is -0.106. The molecule has 0 bridgehead atoms. The average Bonchev–Trinajstić information content (AvgIpc) is 3.36. The maximum Gasteiger partial charge on any atom is 0.244 e. The first-order chi connectivity index (χ1) is 15.5. The highest BCUT2D eigenvalue weighted by Gasteiger charge is 2.20. The summed E-state index contributed by atoms with van der Waals surface area (Å²) < 4.78 is 3.41. The number of carbonyl (C=O) groups excluding carboxylic acids is 1. The van der Waals surface area contributed by atoms with Crippen LogP contribution >= 0.6 is 0 Å². The van der Waals surface area contributed by atoms with Crippen molar-refractivity contribution in [1.29, 1.82) is 0 Å². The molecule has 2 aromatic heterocycles. The topological polar surface area (TPSA) is 65.6 Å². The highest BCUT2D eigenvalue weighted by Crippen LogP contribution is 2.34. The minimum Gasteiger partial charge on any atom is -0.273 e. The van der Waals surface area contributed by atoms with E-state index in [1.54, 1.807) is 0 Å². The van der Waals surface area contributed by atoms with Crippen LogP contribution in [0.15, 0.2) is 72.8 Å². The summed E-state index contributed by atoms with van der Waals surface area (Å²) >= 11 is 0. The molecule has 0 amide bonds. The molecule has 0 aliphatic carbocycles. The van der Waals surface area contributed by atoms with Gasteiger partial charge >= 0.3 is 0 Å². The fourth-order valence-corrected chi connectivity index (χ4v) is 4.14. The van der Waals surface area contributed by atoms with Crippen LogP contribution in [0.4, 0.5) is 0 Å². The van der Waals surface area contributed by atoms with Gasteiger partial charge in [-0.15, -0.1) is 5.10 Å². The lowest BCUT2D eigenvalue weighted by molar-refractivity contribution is 0.0926. The zero-order valence-corrected chi connectivity index (χ0v) is 18.3. The van der Waals surface area contributed by atoms with E-state index in [9.17, 15) is 4.79 Å². The maximum atomic E-state index is 12.0. The minimum atomic E-state index is -0.106. The van der Waals surface area contributed by atoms with Crippen molar-refractivity contribution in [2.75, 3.05) is 0 Å². The molecule has 0 saturated heterocycles. The van der Waals surface area contributed by atoms with E-state index >= 15 is 0 Å². The number of hydrogen-bond acceptors (Lipinski definition) is 4. The third-order valence-electron chi connectivity index (χ3n) is 5.75. The van der Waals surface area contributed by atoms with Crippen LogP contribution in [0.2, 0.25) is 0 Å². The predicted octanol–water partition coefficient (Wildman–Crippen LogP) is 5.29. The number of benzene rings is 3. The Morgan fingerprint density at radius 2 is 1.69 bits per heavy atom. The number of rotatable bonds is 4. The summed E-state index contributed by atoms with van der Waals surface area (Å²) in [5, 5.41) is 14.5. The zero-order valence-electron chi connectivity index (χ0n) is 18.3. The molecular formula is C26H23N5O. The summed E-state index contributed by atoms with van der Waals surface area (Å²) in [7, 11) is 0. The zero-order chi connectivity index (χ0) is 22.2. The first-order valence-electron chi connectivity index (χ1n) is 10.6. The molecule has 0 radical (unpaired) electrons. The summed E-state index contributed by atoms with van der Waals surface area (Å²) in [4.78, 5) is 12.0. The Morgan fingerprint density at radius 3 is 2.44 bits per heavy atom. The normalized spacial score (nSPS) is 11.2. The van der Waals surface area contributed by atoms with Gasteiger partial charge in [0.2, 0.25) is 5.91 Å². The Bertz CT molecular complexity index is 1450. The first-order valence-corrected chi connectivity index (χ1v) is 10.6. The second kappa shape index (κ2) is 7.89. The average molecular weight is 422 g/mol. The van der Waals surface area contributed by atoms with E-state index in [0.29, 0.717) is 6.54 Å². The van der Waals surface area contributed by atoms with Crippen LogP contribution in [0.3, 0.4) is 0 Å².